The molecule has 4 nitrogen and oxygen atoms in total. The summed E-state index contributed by atoms with van der Waals surface area (Å²) in [4.78, 5) is 10.1. The second-order valence-corrected chi connectivity index (χ2v) is 45.7. The molecule has 222 valence electrons. The molecule has 4 aromatic carbocycles. The fourth-order valence-corrected chi connectivity index (χ4v) is 126. The summed E-state index contributed by atoms with van der Waals surface area (Å²) in [5, 5.41) is 6.87. The number of rotatable bonds is 6. The van der Waals surface area contributed by atoms with Gasteiger partial charge >= 0.3 is 231 Å². The van der Waals surface area contributed by atoms with Crippen molar-refractivity contribution in [3.05, 3.63) is 121 Å². The third-order valence-corrected chi connectivity index (χ3v) is 76.1. The average molecular weight is 757 g/mol. The van der Waals surface area contributed by atoms with Crippen molar-refractivity contribution in [1.29, 1.82) is 0 Å². The van der Waals surface area contributed by atoms with Gasteiger partial charge in [-0.25, -0.2) is 18.6 Å². The molecule has 0 bridgehead atoms. The fourth-order valence-electron chi connectivity index (χ4n) is 20.9. The summed E-state index contributed by atoms with van der Waals surface area (Å²) in [7, 11) is -5.45. The fraction of sp³-hybridized carbons (Fsp3) is 0.294. The van der Waals surface area contributed by atoms with E-state index in [1.807, 2.05) is 0 Å². The molecule has 10 fully saturated rings. The molecule has 0 radical (unpaired) electrons. The first-order valence-corrected chi connectivity index (χ1v) is 24.9. The molecule has 10 aliphatic rings. The van der Waals surface area contributed by atoms with Crippen molar-refractivity contribution in [2.75, 3.05) is 0 Å². The number of halogens is 1. The van der Waals surface area contributed by atoms with Crippen LogP contribution in [0.15, 0.2) is 121 Å². The van der Waals surface area contributed by atoms with Gasteiger partial charge in [-0.15, -0.1) is 10.2 Å². The second-order valence-electron chi connectivity index (χ2n) is 16.1. The van der Waals surface area contributed by atoms with Crippen LogP contribution in [0.25, 0.3) is 0 Å². The van der Waals surface area contributed by atoms with E-state index in [-0.39, 0.29) is 35.3 Å². The topological polar surface area (TPSA) is 92.2 Å². The molecule has 0 amide bonds. The van der Waals surface area contributed by atoms with Gasteiger partial charge in [0.15, 0.2) is 0 Å². The maximum absolute atomic E-state index is 8.49. The van der Waals surface area contributed by atoms with E-state index in [4.69, 9.17) is 18.6 Å². The molecular formula is C34H28ClFeO4P2Rh. The zero-order valence-electron chi connectivity index (χ0n) is 22.8. The molecule has 43 heavy (non-hydrogen) atoms. The Morgan fingerprint density at radius 2 is 0.651 bits per heavy atom. The van der Waals surface area contributed by atoms with E-state index in [0.29, 0.717) is 0 Å². The van der Waals surface area contributed by atoms with E-state index in [1.54, 1.807) is 21.2 Å². The zero-order chi connectivity index (χ0) is 28.0. The third kappa shape index (κ3) is 0.768. The van der Waals surface area contributed by atoms with Crippen LogP contribution in [0.4, 0.5) is 0 Å². The molecule has 0 saturated carbocycles. The molecule has 0 aliphatic carbocycles. The van der Waals surface area contributed by atoms with Gasteiger partial charge in [-0.05, 0) is 0 Å². The normalized spacial score (nSPS) is 55.7. The molecule has 10 aliphatic heterocycles. The quantitative estimate of drug-likeness (QED) is 0.224. The van der Waals surface area contributed by atoms with Gasteiger partial charge in [-0.1, -0.05) is 0 Å². The van der Waals surface area contributed by atoms with Crippen molar-refractivity contribution in [3.63, 3.8) is 0 Å². The van der Waals surface area contributed by atoms with Crippen molar-refractivity contribution in [2.45, 2.75) is 46.6 Å². The summed E-state index contributed by atoms with van der Waals surface area (Å²) in [6.45, 7) is -3.82. The van der Waals surface area contributed by atoms with Crippen LogP contribution in [0.5, 0.6) is 0 Å². The van der Waals surface area contributed by atoms with Crippen molar-refractivity contribution >= 4 is 37.1 Å². The Labute approximate surface area is 258 Å². The average Bonchev–Trinajstić information content (AvgIpc) is 3.95. The Kier molecular flexibility index (Phi) is 2.50. The molecule has 8 unspecified atom stereocenters. The molecule has 9 heteroatoms. The molecule has 10 saturated heterocycles. The summed E-state index contributed by atoms with van der Waals surface area (Å²) in [5.74, 6) is 0. The van der Waals surface area contributed by atoms with Gasteiger partial charge in [0.05, 0.1) is 0 Å². The van der Waals surface area contributed by atoms with E-state index >= 15 is 0 Å². The summed E-state index contributed by atoms with van der Waals surface area (Å²) >= 11 is 0. The summed E-state index contributed by atoms with van der Waals surface area (Å²) in [6, 6.07) is 48.0. The van der Waals surface area contributed by atoms with Crippen molar-refractivity contribution in [3.8, 4) is 0 Å². The first-order chi connectivity index (χ1) is 20.1. The van der Waals surface area contributed by atoms with Gasteiger partial charge in [-0.3, -0.25) is 0 Å². The second kappa shape index (κ2) is 4.27. The third-order valence-electron chi connectivity index (χ3n) is 19.4. The van der Waals surface area contributed by atoms with Gasteiger partial charge in [0.1, 0.15) is 0 Å². The first-order valence-electron chi connectivity index (χ1n) is 14.7. The first kappa shape index (κ1) is 25.1. The van der Waals surface area contributed by atoms with Gasteiger partial charge < -0.3 is 0 Å². The van der Waals surface area contributed by atoms with Crippen LogP contribution >= 0.6 is 15.8 Å². The van der Waals surface area contributed by atoms with Crippen LogP contribution in [0.2, 0.25) is 38.5 Å². The van der Waals surface area contributed by atoms with Crippen molar-refractivity contribution in [2.24, 2.45) is 0 Å². The Morgan fingerprint density at radius 3 is 0.837 bits per heavy atom. The van der Waals surface area contributed by atoms with Gasteiger partial charge in [0.25, 0.3) is 0 Å². The predicted octanol–water partition coefficient (Wildman–Crippen LogP) is 2.70. The molecule has 4 aromatic rings. The molecule has 8 atom stereocenters. The molecule has 14 rings (SSSR count). The number of fused-ring (bicyclic) bond motifs is 10. The summed E-state index contributed by atoms with van der Waals surface area (Å²) in [6.07, 6.45) is 0. The summed E-state index contributed by atoms with van der Waals surface area (Å²) < 4.78 is 35.6. The maximum atomic E-state index is 8.49. The van der Waals surface area contributed by atoms with E-state index in [0.717, 1.165) is 8.11 Å². The Hall–Kier alpha value is -0.987. The molecular weight excluding hydrogens is 729 g/mol. The van der Waals surface area contributed by atoms with Crippen LogP contribution < -0.4 is 39.9 Å². The standard InChI is InChI=1S/2C17H14P.ClHO4.Fe.Rh/c2*1-3-9-15(10-4-1)18(17-13-7-8-14-17)16-11-5-2-6-12-16;2-1(3,4)5;;/h2*1-14H;(H,2,3,4,5);;/q;;;;+1/p-1. The molecule has 0 N–H and O–H groups in total. The zero-order valence-corrected chi connectivity index (χ0v) is 28.0. The van der Waals surface area contributed by atoms with Crippen LogP contribution in [-0.2, 0) is 26.0 Å². The van der Waals surface area contributed by atoms with Crippen LogP contribution in [-0.4, -0.2) is 8.11 Å². The van der Waals surface area contributed by atoms with E-state index in [2.05, 4.69) is 121 Å². The van der Waals surface area contributed by atoms with Crippen molar-refractivity contribution < 1.29 is 54.9 Å². The van der Waals surface area contributed by atoms with E-state index < -0.39 is 16.8 Å². The molecule has 10 heterocycles. The van der Waals surface area contributed by atoms with Crippen LogP contribution in [0, 0.1) is 10.2 Å². The number of hydrogen-bond donors (Lipinski definition) is 0. The van der Waals surface area contributed by atoms with Gasteiger partial charge in [0.2, 0.25) is 0 Å². The SMILES string of the molecule is [O-][Cl+3]([O-])([O-])[O-].[Rh+].c1ccc(P(c2ccccc2)[C]23[CH]4[CH]5[CH]6[CH]2[Fe]56432789[CH]3[CH]2[CH]7[C]8(P(c2ccccc2)c2ccccc2)[CH]39)cc1. The summed E-state index contributed by atoms with van der Waals surface area (Å²) in [5.41, 5.74) is 0. The van der Waals surface area contributed by atoms with Gasteiger partial charge in [0, 0.05) is 0 Å². The Balaban J connectivity index is 0.000000351. The molecule has 1 spiro atoms. The number of hydrogen-bond acceptors (Lipinski definition) is 4. The Morgan fingerprint density at radius 1 is 0.442 bits per heavy atom. The van der Waals surface area contributed by atoms with E-state index in [1.165, 1.54) is 38.5 Å². The minimum absolute atomic E-state index is 0. The molecule has 0 aromatic heterocycles. The van der Waals surface area contributed by atoms with Crippen LogP contribution in [0.3, 0.4) is 0 Å². The van der Waals surface area contributed by atoms with E-state index in [9.17, 15) is 0 Å². The van der Waals surface area contributed by atoms with Gasteiger partial charge in [-0.2, -0.15) is 0 Å². The Bertz CT molecular complexity index is 2030. The van der Waals surface area contributed by atoms with Crippen molar-refractivity contribution in [1.82, 2.24) is 0 Å². The van der Waals surface area contributed by atoms with Crippen LogP contribution in [0.1, 0.15) is 0 Å². The minimum atomic E-state index is -4.94. The predicted molar refractivity (Wildman–Crippen MR) is 154 cm³/mol. The monoisotopic (exact) mass is 756 g/mol. The number of benzene rings is 4.